The summed E-state index contributed by atoms with van der Waals surface area (Å²) in [5, 5.41) is 6.20. The Kier molecular flexibility index (Phi) is 4.76. The van der Waals surface area contributed by atoms with E-state index >= 15 is 0 Å². The molecular formula is C19H18Cl2N2O2. The monoisotopic (exact) mass is 376 g/mol. The first-order valence-corrected chi connectivity index (χ1v) is 8.73. The van der Waals surface area contributed by atoms with Crippen molar-refractivity contribution in [1.82, 2.24) is 0 Å². The summed E-state index contributed by atoms with van der Waals surface area (Å²) in [5.74, 6) is -0.660. The third-order valence-electron chi connectivity index (χ3n) is 4.30. The van der Waals surface area contributed by atoms with E-state index in [1.54, 1.807) is 18.2 Å². The summed E-state index contributed by atoms with van der Waals surface area (Å²) in [5.41, 5.74) is 2.15. The summed E-state index contributed by atoms with van der Waals surface area (Å²) >= 11 is 12.1. The first kappa shape index (κ1) is 17.8. The Morgan fingerprint density at radius 2 is 1.56 bits per heavy atom. The second-order valence-corrected chi connectivity index (χ2v) is 7.25. The van der Waals surface area contributed by atoms with Gasteiger partial charge in [0.15, 0.2) is 0 Å². The number of aryl methyl sites for hydroxylation is 2. The van der Waals surface area contributed by atoms with Gasteiger partial charge in [0.05, 0.1) is 15.7 Å². The van der Waals surface area contributed by atoms with Crippen molar-refractivity contribution in [3.05, 3.63) is 57.6 Å². The molecule has 0 unspecified atom stereocenters. The van der Waals surface area contributed by atoms with Crippen LogP contribution in [0.1, 0.15) is 24.0 Å². The SMILES string of the molecule is Cc1cc(C)cc(NC(=O)C2(C(=O)Nc3cccc(Cl)c3Cl)CC2)c1. The van der Waals surface area contributed by atoms with Crippen molar-refractivity contribution in [2.24, 2.45) is 5.41 Å². The van der Waals surface area contributed by atoms with E-state index in [-0.39, 0.29) is 16.8 Å². The van der Waals surface area contributed by atoms with Crippen LogP contribution < -0.4 is 10.6 Å². The zero-order valence-corrected chi connectivity index (χ0v) is 15.5. The second kappa shape index (κ2) is 6.70. The number of carbonyl (C=O) groups is 2. The Morgan fingerprint density at radius 3 is 2.16 bits per heavy atom. The number of benzene rings is 2. The summed E-state index contributed by atoms with van der Waals surface area (Å²) in [7, 11) is 0. The standard InChI is InChI=1S/C19H18Cl2N2O2/c1-11-8-12(2)10-13(9-11)22-17(24)19(6-7-19)18(25)23-15-5-3-4-14(20)16(15)21/h3-5,8-10H,6-7H2,1-2H3,(H,22,24)(H,23,25). The van der Waals surface area contributed by atoms with Crippen LogP contribution in [-0.4, -0.2) is 11.8 Å². The zero-order valence-electron chi connectivity index (χ0n) is 14.0. The highest BCUT2D eigenvalue weighted by molar-refractivity contribution is 6.44. The third kappa shape index (κ3) is 3.65. The number of hydrogen-bond donors (Lipinski definition) is 2. The summed E-state index contributed by atoms with van der Waals surface area (Å²) in [6, 6.07) is 10.8. The van der Waals surface area contributed by atoms with E-state index in [4.69, 9.17) is 23.2 Å². The van der Waals surface area contributed by atoms with Crippen molar-refractivity contribution in [3.8, 4) is 0 Å². The molecule has 0 bridgehead atoms. The molecule has 1 aliphatic rings. The number of hydrogen-bond acceptors (Lipinski definition) is 2. The fourth-order valence-corrected chi connectivity index (χ4v) is 3.17. The number of anilines is 2. The predicted octanol–water partition coefficient (Wildman–Crippen LogP) is 4.97. The molecule has 6 heteroatoms. The molecule has 3 rings (SSSR count). The van der Waals surface area contributed by atoms with E-state index in [1.165, 1.54) is 0 Å². The van der Waals surface area contributed by atoms with Gasteiger partial charge in [-0.15, -0.1) is 0 Å². The van der Waals surface area contributed by atoms with Crippen molar-refractivity contribution in [3.63, 3.8) is 0 Å². The first-order chi connectivity index (χ1) is 11.8. The lowest BCUT2D eigenvalue weighted by molar-refractivity contribution is -0.131. The minimum absolute atomic E-state index is 0.267. The van der Waals surface area contributed by atoms with Gasteiger partial charge in [0.25, 0.3) is 0 Å². The number of carbonyl (C=O) groups excluding carboxylic acids is 2. The topological polar surface area (TPSA) is 58.2 Å². The van der Waals surface area contributed by atoms with Crippen LogP contribution in [0.5, 0.6) is 0 Å². The Hall–Kier alpha value is -2.04. The van der Waals surface area contributed by atoms with Crippen molar-refractivity contribution in [2.45, 2.75) is 26.7 Å². The van der Waals surface area contributed by atoms with Gasteiger partial charge < -0.3 is 10.6 Å². The van der Waals surface area contributed by atoms with E-state index in [9.17, 15) is 9.59 Å². The fourth-order valence-electron chi connectivity index (χ4n) is 2.82. The molecule has 0 aromatic heterocycles. The number of amides is 2. The average Bonchev–Trinajstić information content (AvgIpc) is 3.32. The Bertz CT molecular complexity index is 840. The maximum absolute atomic E-state index is 12.7. The summed E-state index contributed by atoms with van der Waals surface area (Å²) in [6.45, 7) is 3.92. The largest absolute Gasteiger partial charge is 0.325 e. The van der Waals surface area contributed by atoms with Gasteiger partial charge in [-0.25, -0.2) is 0 Å². The normalized spacial score (nSPS) is 14.7. The van der Waals surface area contributed by atoms with E-state index in [0.29, 0.717) is 29.2 Å². The van der Waals surface area contributed by atoms with Gasteiger partial charge in [-0.05, 0) is 62.1 Å². The smallest absolute Gasteiger partial charge is 0.240 e. The van der Waals surface area contributed by atoms with Crippen LogP contribution in [0, 0.1) is 19.3 Å². The molecular weight excluding hydrogens is 359 g/mol. The minimum Gasteiger partial charge on any atom is -0.325 e. The van der Waals surface area contributed by atoms with Gasteiger partial charge in [0.1, 0.15) is 5.41 Å². The Labute approximate surface area is 156 Å². The fraction of sp³-hybridized carbons (Fsp3) is 0.263. The zero-order chi connectivity index (χ0) is 18.2. The molecule has 4 nitrogen and oxygen atoms in total. The quantitative estimate of drug-likeness (QED) is 0.740. The molecule has 1 fully saturated rings. The van der Waals surface area contributed by atoms with Gasteiger partial charge >= 0.3 is 0 Å². The van der Waals surface area contributed by atoms with Gasteiger partial charge in [-0.1, -0.05) is 35.3 Å². The Balaban J connectivity index is 1.75. The molecule has 2 aromatic carbocycles. The molecule has 0 saturated heterocycles. The van der Waals surface area contributed by atoms with Crippen LogP contribution in [0.15, 0.2) is 36.4 Å². The maximum Gasteiger partial charge on any atom is 0.240 e. The Morgan fingerprint density at radius 1 is 0.960 bits per heavy atom. The van der Waals surface area contributed by atoms with E-state index < -0.39 is 5.41 Å². The molecule has 2 amide bonds. The molecule has 1 saturated carbocycles. The third-order valence-corrected chi connectivity index (χ3v) is 5.12. The van der Waals surface area contributed by atoms with Gasteiger partial charge in [-0.2, -0.15) is 0 Å². The van der Waals surface area contributed by atoms with E-state index in [2.05, 4.69) is 10.6 Å². The molecule has 130 valence electrons. The van der Waals surface area contributed by atoms with Crippen molar-refractivity contribution in [2.75, 3.05) is 10.6 Å². The molecule has 0 radical (unpaired) electrons. The lowest BCUT2D eigenvalue weighted by Gasteiger charge is -2.17. The number of nitrogens with one attached hydrogen (secondary N) is 2. The summed E-state index contributed by atoms with van der Waals surface area (Å²) in [4.78, 5) is 25.3. The van der Waals surface area contributed by atoms with Gasteiger partial charge in [-0.3, -0.25) is 9.59 Å². The lowest BCUT2D eigenvalue weighted by Crippen LogP contribution is -2.35. The van der Waals surface area contributed by atoms with Gasteiger partial charge in [0.2, 0.25) is 11.8 Å². The molecule has 2 aromatic rings. The summed E-state index contributed by atoms with van der Waals surface area (Å²) < 4.78 is 0. The van der Waals surface area contributed by atoms with E-state index in [0.717, 1.165) is 11.1 Å². The highest BCUT2D eigenvalue weighted by Gasteiger charge is 2.56. The van der Waals surface area contributed by atoms with Crippen LogP contribution in [-0.2, 0) is 9.59 Å². The summed E-state index contributed by atoms with van der Waals surface area (Å²) in [6.07, 6.45) is 1.02. The van der Waals surface area contributed by atoms with Crippen LogP contribution in [0.2, 0.25) is 10.0 Å². The lowest BCUT2D eigenvalue weighted by atomic mass is 10.0. The second-order valence-electron chi connectivity index (χ2n) is 6.47. The molecule has 0 aliphatic heterocycles. The van der Waals surface area contributed by atoms with Crippen LogP contribution in [0.25, 0.3) is 0 Å². The number of rotatable bonds is 4. The van der Waals surface area contributed by atoms with Crippen LogP contribution in [0.3, 0.4) is 0 Å². The van der Waals surface area contributed by atoms with Crippen LogP contribution >= 0.6 is 23.2 Å². The van der Waals surface area contributed by atoms with Gasteiger partial charge in [0, 0.05) is 5.69 Å². The van der Waals surface area contributed by atoms with E-state index in [1.807, 2.05) is 32.0 Å². The maximum atomic E-state index is 12.7. The van der Waals surface area contributed by atoms with Crippen molar-refractivity contribution in [1.29, 1.82) is 0 Å². The van der Waals surface area contributed by atoms with Crippen molar-refractivity contribution < 1.29 is 9.59 Å². The first-order valence-electron chi connectivity index (χ1n) is 7.97. The molecule has 1 aliphatic carbocycles. The average molecular weight is 377 g/mol. The molecule has 0 spiro atoms. The minimum atomic E-state index is -1.05. The highest BCUT2D eigenvalue weighted by Crippen LogP contribution is 2.48. The van der Waals surface area contributed by atoms with Crippen LogP contribution in [0.4, 0.5) is 11.4 Å². The number of halogens is 2. The highest BCUT2D eigenvalue weighted by atomic mass is 35.5. The molecule has 0 heterocycles. The molecule has 0 atom stereocenters. The predicted molar refractivity (Wildman–Crippen MR) is 101 cm³/mol. The van der Waals surface area contributed by atoms with Crippen molar-refractivity contribution >= 4 is 46.4 Å². The molecule has 25 heavy (non-hydrogen) atoms. The molecule has 2 N–H and O–H groups in total.